The third-order valence-electron chi connectivity index (χ3n) is 4.82. The summed E-state index contributed by atoms with van der Waals surface area (Å²) < 4.78 is 57.0. The minimum Gasteiger partial charge on any atom is -0.376 e. The van der Waals surface area contributed by atoms with E-state index < -0.39 is 27.4 Å². The number of amides is 1. The average Bonchev–Trinajstić information content (AvgIpc) is 3.34. The first-order chi connectivity index (χ1) is 14.2. The second kappa shape index (κ2) is 8.01. The van der Waals surface area contributed by atoms with Gasteiger partial charge >= 0.3 is 0 Å². The molecule has 1 aromatic heterocycles. The Bertz CT molecular complexity index is 1200. The fourth-order valence-corrected chi connectivity index (χ4v) is 4.94. The maximum absolute atomic E-state index is 14.1. The third kappa shape index (κ3) is 4.21. The van der Waals surface area contributed by atoms with Gasteiger partial charge in [0.15, 0.2) is 20.8 Å². The molecule has 1 atom stereocenters. The van der Waals surface area contributed by atoms with Crippen molar-refractivity contribution in [2.24, 2.45) is 0 Å². The van der Waals surface area contributed by atoms with E-state index in [4.69, 9.17) is 4.74 Å². The lowest BCUT2D eigenvalue weighted by Gasteiger charge is -2.23. The van der Waals surface area contributed by atoms with Gasteiger partial charge in [-0.15, -0.1) is 0 Å². The zero-order valence-corrected chi connectivity index (χ0v) is 17.6. The van der Waals surface area contributed by atoms with Gasteiger partial charge in [-0.25, -0.2) is 22.2 Å². The van der Waals surface area contributed by atoms with Crippen LogP contribution in [-0.2, 0) is 14.6 Å². The van der Waals surface area contributed by atoms with Crippen LogP contribution in [0.5, 0.6) is 0 Å². The molecule has 1 fully saturated rings. The molecule has 0 N–H and O–H groups in total. The summed E-state index contributed by atoms with van der Waals surface area (Å²) in [5, 5.41) is 0.224. The van der Waals surface area contributed by atoms with Gasteiger partial charge in [-0.2, -0.15) is 0 Å². The third-order valence-corrected chi connectivity index (χ3v) is 6.97. The lowest BCUT2D eigenvalue weighted by atomic mass is 10.2. The molecule has 0 aliphatic carbocycles. The van der Waals surface area contributed by atoms with Crippen molar-refractivity contribution >= 4 is 42.4 Å². The molecule has 10 heteroatoms. The van der Waals surface area contributed by atoms with Crippen LogP contribution in [0.25, 0.3) is 10.2 Å². The Balaban J connectivity index is 1.72. The van der Waals surface area contributed by atoms with Crippen molar-refractivity contribution in [3.05, 3.63) is 53.6 Å². The van der Waals surface area contributed by atoms with Gasteiger partial charge < -0.3 is 4.74 Å². The van der Waals surface area contributed by atoms with Crippen LogP contribution in [0.4, 0.5) is 13.9 Å². The lowest BCUT2D eigenvalue weighted by Crippen LogP contribution is -2.37. The van der Waals surface area contributed by atoms with Gasteiger partial charge in [0.1, 0.15) is 11.3 Å². The van der Waals surface area contributed by atoms with Crippen LogP contribution in [0.15, 0.2) is 41.3 Å². The van der Waals surface area contributed by atoms with Crippen LogP contribution in [0.3, 0.4) is 0 Å². The summed E-state index contributed by atoms with van der Waals surface area (Å²) in [5.41, 5.74) is 0.250. The molecule has 1 saturated heterocycles. The molecule has 2 heterocycles. The highest BCUT2D eigenvalue weighted by Gasteiger charge is 2.28. The van der Waals surface area contributed by atoms with Crippen molar-refractivity contribution in [1.29, 1.82) is 0 Å². The minimum absolute atomic E-state index is 0.00559. The fourth-order valence-electron chi connectivity index (χ4n) is 3.30. The monoisotopic (exact) mass is 452 g/mol. The van der Waals surface area contributed by atoms with Crippen LogP contribution in [0, 0.1) is 11.6 Å². The standard InChI is InChI=1S/C20H18F2N2O4S2/c1-30(26,27)15-6-4-12(5-7-15)19(25)24(11-14-3-2-8-28-14)20-23-18-16(22)9-13(21)10-17(18)29-20/h4-7,9-10,14H,2-3,8,11H2,1H3. The van der Waals surface area contributed by atoms with Crippen LogP contribution < -0.4 is 4.90 Å². The second-order valence-electron chi connectivity index (χ2n) is 7.08. The number of hydrogen-bond acceptors (Lipinski definition) is 6. The van der Waals surface area contributed by atoms with Gasteiger partial charge in [-0.05, 0) is 43.2 Å². The van der Waals surface area contributed by atoms with E-state index in [2.05, 4.69) is 4.98 Å². The zero-order chi connectivity index (χ0) is 21.5. The highest BCUT2D eigenvalue weighted by Crippen LogP contribution is 2.33. The summed E-state index contributed by atoms with van der Waals surface area (Å²) in [6, 6.07) is 7.50. The first-order valence-corrected chi connectivity index (χ1v) is 11.9. The molecule has 2 aromatic carbocycles. The lowest BCUT2D eigenvalue weighted by molar-refractivity contribution is 0.0917. The number of hydrogen-bond donors (Lipinski definition) is 0. The molecule has 1 aliphatic rings. The van der Waals surface area contributed by atoms with Gasteiger partial charge in [0.2, 0.25) is 0 Å². The summed E-state index contributed by atoms with van der Waals surface area (Å²) in [6.45, 7) is 0.798. The summed E-state index contributed by atoms with van der Waals surface area (Å²) in [5.74, 6) is -1.94. The molecule has 30 heavy (non-hydrogen) atoms. The maximum atomic E-state index is 14.1. The van der Waals surface area contributed by atoms with E-state index in [9.17, 15) is 22.0 Å². The van der Waals surface area contributed by atoms with Gasteiger partial charge in [0, 0.05) is 24.5 Å². The van der Waals surface area contributed by atoms with Gasteiger partial charge in [0.25, 0.3) is 5.91 Å². The van der Waals surface area contributed by atoms with E-state index in [0.717, 1.165) is 36.5 Å². The summed E-state index contributed by atoms with van der Waals surface area (Å²) in [4.78, 5) is 19.0. The Morgan fingerprint density at radius 3 is 2.63 bits per heavy atom. The van der Waals surface area contributed by atoms with E-state index >= 15 is 0 Å². The number of carbonyl (C=O) groups excluding carboxylic acids is 1. The number of aromatic nitrogens is 1. The molecule has 0 spiro atoms. The van der Waals surface area contributed by atoms with E-state index in [1.165, 1.54) is 35.2 Å². The van der Waals surface area contributed by atoms with Gasteiger partial charge in [-0.1, -0.05) is 11.3 Å². The number of benzene rings is 2. The van der Waals surface area contributed by atoms with E-state index in [1.54, 1.807) is 0 Å². The Hall–Kier alpha value is -2.43. The minimum atomic E-state index is -3.39. The molecule has 0 saturated carbocycles. The number of rotatable bonds is 5. The number of sulfone groups is 1. The van der Waals surface area contributed by atoms with Crippen molar-refractivity contribution in [3.8, 4) is 0 Å². The molecule has 1 unspecified atom stereocenters. The van der Waals surface area contributed by atoms with Crippen molar-refractivity contribution < 1.29 is 26.7 Å². The average molecular weight is 453 g/mol. The van der Waals surface area contributed by atoms with Crippen molar-refractivity contribution in [3.63, 3.8) is 0 Å². The number of thiazole rings is 1. The molecule has 4 rings (SSSR count). The van der Waals surface area contributed by atoms with Crippen molar-refractivity contribution in [2.45, 2.75) is 23.8 Å². The molecule has 3 aromatic rings. The molecule has 6 nitrogen and oxygen atoms in total. The largest absolute Gasteiger partial charge is 0.376 e. The quantitative estimate of drug-likeness (QED) is 0.589. The van der Waals surface area contributed by atoms with E-state index in [0.29, 0.717) is 11.3 Å². The predicted octanol–water partition coefficient (Wildman–Crippen LogP) is 3.80. The number of carbonyl (C=O) groups is 1. The van der Waals surface area contributed by atoms with Crippen LogP contribution in [0.2, 0.25) is 0 Å². The number of ether oxygens (including phenoxy) is 1. The summed E-state index contributed by atoms with van der Waals surface area (Å²) in [7, 11) is -3.39. The Morgan fingerprint density at radius 1 is 1.27 bits per heavy atom. The smallest absolute Gasteiger partial charge is 0.260 e. The molecular formula is C20H18F2N2O4S2. The molecule has 1 amide bonds. The highest BCUT2D eigenvalue weighted by atomic mass is 32.2. The summed E-state index contributed by atoms with van der Waals surface area (Å²) >= 11 is 1.01. The van der Waals surface area contributed by atoms with Crippen LogP contribution >= 0.6 is 11.3 Å². The summed E-state index contributed by atoms with van der Waals surface area (Å²) in [6.07, 6.45) is 2.53. The van der Waals surface area contributed by atoms with Gasteiger partial charge in [0.05, 0.1) is 22.2 Å². The van der Waals surface area contributed by atoms with E-state index in [-0.39, 0.29) is 33.8 Å². The predicted molar refractivity (Wildman–Crippen MR) is 110 cm³/mol. The Labute approximate surface area is 176 Å². The maximum Gasteiger partial charge on any atom is 0.260 e. The highest BCUT2D eigenvalue weighted by molar-refractivity contribution is 7.90. The van der Waals surface area contributed by atoms with Crippen molar-refractivity contribution in [1.82, 2.24) is 4.98 Å². The second-order valence-corrected chi connectivity index (χ2v) is 10.1. The normalized spacial score (nSPS) is 16.8. The zero-order valence-electron chi connectivity index (χ0n) is 16.0. The topological polar surface area (TPSA) is 76.6 Å². The van der Waals surface area contributed by atoms with Crippen molar-refractivity contribution in [2.75, 3.05) is 24.3 Å². The van der Waals surface area contributed by atoms with Gasteiger partial charge in [-0.3, -0.25) is 9.69 Å². The number of halogens is 2. The molecule has 0 radical (unpaired) electrons. The molecular weight excluding hydrogens is 434 g/mol. The van der Waals surface area contributed by atoms with E-state index in [1.807, 2.05) is 0 Å². The van der Waals surface area contributed by atoms with Crippen LogP contribution in [0.1, 0.15) is 23.2 Å². The number of anilines is 1. The molecule has 1 aliphatic heterocycles. The first-order valence-electron chi connectivity index (χ1n) is 9.21. The number of fused-ring (bicyclic) bond motifs is 1. The SMILES string of the molecule is CS(=O)(=O)c1ccc(C(=O)N(CC2CCCO2)c2nc3c(F)cc(F)cc3s2)cc1. The first kappa shape index (κ1) is 20.8. The molecule has 0 bridgehead atoms. The van der Waals surface area contributed by atoms with Crippen LogP contribution in [-0.4, -0.2) is 44.8 Å². The number of nitrogens with zero attached hydrogens (tertiary/aromatic N) is 2. The Kier molecular flexibility index (Phi) is 5.56. The Morgan fingerprint density at radius 2 is 2.00 bits per heavy atom. The fraction of sp³-hybridized carbons (Fsp3) is 0.300. The molecule has 158 valence electrons.